The van der Waals surface area contributed by atoms with Crippen LogP contribution in [0.5, 0.6) is 0 Å². The second-order valence-corrected chi connectivity index (χ2v) is 4.91. The number of ether oxygens (including phenoxy) is 1. The second kappa shape index (κ2) is 6.88. The molecule has 1 N–H and O–H groups in total. The highest BCUT2D eigenvalue weighted by Crippen LogP contribution is 2.14. The number of likely N-dealkylation sites (N-methyl/N-ethyl adjacent to an activating group) is 1. The molecular formula is C15H24N2O. The zero-order valence-corrected chi connectivity index (χ0v) is 11.5. The van der Waals surface area contributed by atoms with Crippen LogP contribution in [0.15, 0.2) is 24.3 Å². The van der Waals surface area contributed by atoms with E-state index in [2.05, 4.69) is 41.4 Å². The number of aryl methyl sites for hydroxylation is 1. The molecule has 0 spiro atoms. The molecule has 1 saturated heterocycles. The molecule has 0 saturated carbocycles. The van der Waals surface area contributed by atoms with Gasteiger partial charge in [0.25, 0.3) is 0 Å². The van der Waals surface area contributed by atoms with Gasteiger partial charge in [0, 0.05) is 26.2 Å². The Morgan fingerprint density at radius 2 is 2.11 bits per heavy atom. The van der Waals surface area contributed by atoms with Crippen LogP contribution in [-0.2, 0) is 17.7 Å². The lowest BCUT2D eigenvalue weighted by atomic mass is 10.0. The Hall–Kier alpha value is -0.900. The van der Waals surface area contributed by atoms with Crippen LogP contribution < -0.4 is 5.32 Å². The number of hydrogen-bond donors (Lipinski definition) is 1. The summed E-state index contributed by atoms with van der Waals surface area (Å²) in [5.41, 5.74) is 2.93. The van der Waals surface area contributed by atoms with Crippen molar-refractivity contribution in [3.63, 3.8) is 0 Å². The van der Waals surface area contributed by atoms with Crippen LogP contribution in [0.2, 0.25) is 0 Å². The lowest BCUT2D eigenvalue weighted by molar-refractivity contribution is -0.0292. The number of benzene rings is 1. The Kier molecular flexibility index (Phi) is 5.17. The summed E-state index contributed by atoms with van der Waals surface area (Å²) in [6.07, 6.45) is 1.44. The molecular weight excluding hydrogens is 224 g/mol. The van der Waals surface area contributed by atoms with Crippen molar-refractivity contribution >= 4 is 0 Å². The Morgan fingerprint density at radius 1 is 1.33 bits per heavy atom. The first-order valence-electron chi connectivity index (χ1n) is 6.88. The molecule has 0 bridgehead atoms. The van der Waals surface area contributed by atoms with Gasteiger partial charge in [-0.25, -0.2) is 0 Å². The summed E-state index contributed by atoms with van der Waals surface area (Å²) in [4.78, 5) is 2.50. The Labute approximate surface area is 110 Å². The molecule has 0 amide bonds. The van der Waals surface area contributed by atoms with Crippen LogP contribution in [0, 0.1) is 0 Å². The first-order valence-corrected chi connectivity index (χ1v) is 6.88. The summed E-state index contributed by atoms with van der Waals surface area (Å²) in [5, 5.41) is 3.19. The topological polar surface area (TPSA) is 24.5 Å². The minimum Gasteiger partial charge on any atom is -0.374 e. The summed E-state index contributed by atoms with van der Waals surface area (Å²) in [7, 11) is 1.98. The number of morpholine rings is 1. The minimum atomic E-state index is 0.331. The summed E-state index contributed by atoms with van der Waals surface area (Å²) in [5.74, 6) is 0. The summed E-state index contributed by atoms with van der Waals surface area (Å²) < 4.78 is 5.74. The van der Waals surface area contributed by atoms with Crippen molar-refractivity contribution in [3.05, 3.63) is 35.4 Å². The molecule has 3 nitrogen and oxygen atoms in total. The molecule has 3 heteroatoms. The molecule has 0 radical (unpaired) electrons. The van der Waals surface area contributed by atoms with E-state index < -0.39 is 0 Å². The van der Waals surface area contributed by atoms with Gasteiger partial charge in [-0.15, -0.1) is 0 Å². The molecule has 1 aliphatic rings. The Morgan fingerprint density at radius 3 is 2.83 bits per heavy atom. The first kappa shape index (κ1) is 13.5. The van der Waals surface area contributed by atoms with Crippen LogP contribution in [0.25, 0.3) is 0 Å². The molecule has 1 aromatic rings. The van der Waals surface area contributed by atoms with Gasteiger partial charge < -0.3 is 10.1 Å². The minimum absolute atomic E-state index is 0.331. The summed E-state index contributed by atoms with van der Waals surface area (Å²) in [6, 6.07) is 8.76. The normalized spacial score (nSPS) is 21.1. The fourth-order valence-electron chi connectivity index (χ4n) is 2.57. The largest absolute Gasteiger partial charge is 0.374 e. The fourth-order valence-corrected chi connectivity index (χ4v) is 2.57. The average molecular weight is 248 g/mol. The molecule has 1 heterocycles. The van der Waals surface area contributed by atoms with Crippen molar-refractivity contribution in [1.29, 1.82) is 0 Å². The zero-order valence-electron chi connectivity index (χ0n) is 11.5. The van der Waals surface area contributed by atoms with E-state index in [1.165, 1.54) is 11.1 Å². The van der Waals surface area contributed by atoms with Crippen molar-refractivity contribution in [1.82, 2.24) is 10.2 Å². The van der Waals surface area contributed by atoms with Gasteiger partial charge in [0.05, 0.1) is 12.7 Å². The van der Waals surface area contributed by atoms with E-state index in [1.807, 2.05) is 7.05 Å². The van der Waals surface area contributed by atoms with E-state index in [4.69, 9.17) is 4.74 Å². The molecule has 0 aromatic heterocycles. The van der Waals surface area contributed by atoms with E-state index >= 15 is 0 Å². The number of hydrogen-bond acceptors (Lipinski definition) is 3. The summed E-state index contributed by atoms with van der Waals surface area (Å²) >= 11 is 0. The number of rotatable bonds is 5. The highest BCUT2D eigenvalue weighted by molar-refractivity contribution is 5.26. The maximum absolute atomic E-state index is 5.74. The highest BCUT2D eigenvalue weighted by Gasteiger charge is 2.20. The molecule has 100 valence electrons. The standard InChI is InChI=1S/C15H24N2O/c1-3-13-6-4-5-7-14(13)11-17-8-9-18-15(12-17)10-16-2/h4-7,15-16H,3,8-12H2,1-2H3. The average Bonchev–Trinajstić information content (AvgIpc) is 2.40. The summed E-state index contributed by atoms with van der Waals surface area (Å²) in [6.45, 7) is 7.12. The van der Waals surface area contributed by atoms with Gasteiger partial charge >= 0.3 is 0 Å². The molecule has 0 aliphatic carbocycles. The first-order chi connectivity index (χ1) is 8.83. The van der Waals surface area contributed by atoms with Crippen LogP contribution in [0.1, 0.15) is 18.1 Å². The van der Waals surface area contributed by atoms with Crippen molar-refractivity contribution in [2.45, 2.75) is 26.0 Å². The van der Waals surface area contributed by atoms with Crippen molar-refractivity contribution in [2.75, 3.05) is 33.3 Å². The van der Waals surface area contributed by atoms with Gasteiger partial charge in [-0.3, -0.25) is 4.90 Å². The van der Waals surface area contributed by atoms with Gasteiger partial charge in [-0.05, 0) is 24.6 Å². The van der Waals surface area contributed by atoms with E-state index in [9.17, 15) is 0 Å². The third-order valence-electron chi connectivity index (χ3n) is 3.55. The van der Waals surface area contributed by atoms with E-state index in [1.54, 1.807) is 0 Å². The van der Waals surface area contributed by atoms with Gasteiger partial charge in [0.2, 0.25) is 0 Å². The third-order valence-corrected chi connectivity index (χ3v) is 3.55. The monoisotopic (exact) mass is 248 g/mol. The predicted octanol–water partition coefficient (Wildman–Crippen LogP) is 1.67. The van der Waals surface area contributed by atoms with Gasteiger partial charge in [0.15, 0.2) is 0 Å². The zero-order chi connectivity index (χ0) is 12.8. The second-order valence-electron chi connectivity index (χ2n) is 4.91. The van der Waals surface area contributed by atoms with E-state index in [0.717, 1.165) is 39.2 Å². The van der Waals surface area contributed by atoms with Crippen LogP contribution in [0.3, 0.4) is 0 Å². The lowest BCUT2D eigenvalue weighted by Gasteiger charge is -2.33. The number of nitrogens with one attached hydrogen (secondary N) is 1. The lowest BCUT2D eigenvalue weighted by Crippen LogP contribution is -2.45. The Balaban J connectivity index is 1.96. The van der Waals surface area contributed by atoms with Crippen molar-refractivity contribution < 1.29 is 4.74 Å². The predicted molar refractivity (Wildman–Crippen MR) is 74.8 cm³/mol. The molecule has 2 rings (SSSR count). The third kappa shape index (κ3) is 3.55. The van der Waals surface area contributed by atoms with Gasteiger partial charge in [-0.1, -0.05) is 31.2 Å². The van der Waals surface area contributed by atoms with Crippen LogP contribution in [0.4, 0.5) is 0 Å². The molecule has 1 unspecified atom stereocenters. The van der Waals surface area contributed by atoms with E-state index in [0.29, 0.717) is 6.10 Å². The van der Waals surface area contributed by atoms with Gasteiger partial charge in [0.1, 0.15) is 0 Å². The van der Waals surface area contributed by atoms with Crippen molar-refractivity contribution in [2.24, 2.45) is 0 Å². The smallest absolute Gasteiger partial charge is 0.0826 e. The molecule has 18 heavy (non-hydrogen) atoms. The number of nitrogens with zero attached hydrogens (tertiary/aromatic N) is 1. The highest BCUT2D eigenvalue weighted by atomic mass is 16.5. The van der Waals surface area contributed by atoms with E-state index in [-0.39, 0.29) is 0 Å². The molecule has 1 atom stereocenters. The molecule has 1 aliphatic heterocycles. The molecule has 1 fully saturated rings. The maximum Gasteiger partial charge on any atom is 0.0826 e. The molecule has 1 aromatic carbocycles. The van der Waals surface area contributed by atoms with Crippen LogP contribution >= 0.6 is 0 Å². The van der Waals surface area contributed by atoms with Crippen molar-refractivity contribution in [3.8, 4) is 0 Å². The van der Waals surface area contributed by atoms with Crippen LogP contribution in [-0.4, -0.2) is 44.3 Å². The van der Waals surface area contributed by atoms with Gasteiger partial charge in [-0.2, -0.15) is 0 Å². The quantitative estimate of drug-likeness (QED) is 0.858. The Bertz CT molecular complexity index is 365. The fraction of sp³-hybridized carbons (Fsp3) is 0.600. The maximum atomic E-state index is 5.74. The SMILES string of the molecule is CCc1ccccc1CN1CCOC(CNC)C1.